The lowest BCUT2D eigenvalue weighted by Crippen LogP contribution is -2.12. The molecule has 1 aliphatic heterocycles. The lowest BCUT2D eigenvalue weighted by molar-refractivity contribution is -0.387. The van der Waals surface area contributed by atoms with Gasteiger partial charge in [0.15, 0.2) is 0 Å². The number of nitrogens with zero attached hydrogens (tertiary/aromatic N) is 1. The third kappa shape index (κ3) is 2.78. The highest BCUT2D eigenvalue weighted by atomic mass is 19.1. The molecule has 5 nitrogen and oxygen atoms in total. The smallest absolute Gasteiger partial charge is 0.305 e. The Balaban J connectivity index is 2.04. The van der Waals surface area contributed by atoms with Crippen molar-refractivity contribution < 1.29 is 18.8 Å². The lowest BCUT2D eigenvalue weighted by atomic mass is 10.2. The molecule has 0 bridgehead atoms. The van der Waals surface area contributed by atoms with Crippen LogP contribution in [-0.4, -0.2) is 24.2 Å². The van der Waals surface area contributed by atoms with E-state index in [1.54, 1.807) is 0 Å². The van der Waals surface area contributed by atoms with Crippen LogP contribution in [0.1, 0.15) is 12.0 Å². The molecule has 0 spiro atoms. The summed E-state index contributed by atoms with van der Waals surface area (Å²) in [6.07, 6.45) is 0.727. The third-order valence-electron chi connectivity index (χ3n) is 2.62. The Bertz CT molecular complexity index is 418. The number of halogens is 1. The fourth-order valence-electron chi connectivity index (χ4n) is 1.67. The van der Waals surface area contributed by atoms with Crippen LogP contribution >= 0.6 is 0 Å². The zero-order valence-corrected chi connectivity index (χ0v) is 9.10. The third-order valence-corrected chi connectivity index (χ3v) is 2.62. The summed E-state index contributed by atoms with van der Waals surface area (Å²) in [6, 6.07) is 4.07. The number of nitro benzene ring substituents is 1. The first-order valence-electron chi connectivity index (χ1n) is 5.29. The summed E-state index contributed by atoms with van der Waals surface area (Å²) < 4.78 is 24.2. The molecule has 17 heavy (non-hydrogen) atoms. The van der Waals surface area contributed by atoms with Crippen LogP contribution in [0.4, 0.5) is 10.1 Å². The van der Waals surface area contributed by atoms with Crippen molar-refractivity contribution in [1.82, 2.24) is 0 Å². The SMILES string of the molecule is O=[N+]([O-])c1cccc(COC2CCOC2)c1F. The van der Waals surface area contributed by atoms with Gasteiger partial charge in [-0.3, -0.25) is 10.1 Å². The zero-order chi connectivity index (χ0) is 12.3. The van der Waals surface area contributed by atoms with E-state index in [4.69, 9.17) is 9.47 Å². The number of hydrogen-bond donors (Lipinski definition) is 0. The maximum atomic E-state index is 13.6. The molecule has 1 aromatic carbocycles. The minimum Gasteiger partial charge on any atom is -0.379 e. The van der Waals surface area contributed by atoms with E-state index in [1.165, 1.54) is 12.1 Å². The molecule has 0 amide bonds. The van der Waals surface area contributed by atoms with Crippen molar-refractivity contribution in [2.45, 2.75) is 19.1 Å². The van der Waals surface area contributed by atoms with Gasteiger partial charge < -0.3 is 9.47 Å². The van der Waals surface area contributed by atoms with E-state index in [2.05, 4.69) is 0 Å². The summed E-state index contributed by atoms with van der Waals surface area (Å²) in [5.41, 5.74) is -0.320. The van der Waals surface area contributed by atoms with Crippen LogP contribution in [0.3, 0.4) is 0 Å². The molecule has 1 fully saturated rings. The topological polar surface area (TPSA) is 61.6 Å². The van der Waals surface area contributed by atoms with E-state index >= 15 is 0 Å². The fourth-order valence-corrected chi connectivity index (χ4v) is 1.67. The van der Waals surface area contributed by atoms with Gasteiger partial charge in [0.05, 0.1) is 24.2 Å². The molecule has 6 heteroatoms. The molecular formula is C11H12FNO4. The van der Waals surface area contributed by atoms with Gasteiger partial charge in [-0.25, -0.2) is 0 Å². The number of hydrogen-bond acceptors (Lipinski definition) is 4. The van der Waals surface area contributed by atoms with Crippen LogP contribution in [0.5, 0.6) is 0 Å². The second-order valence-corrected chi connectivity index (χ2v) is 3.80. The molecule has 1 saturated heterocycles. The lowest BCUT2D eigenvalue weighted by Gasteiger charge is -2.10. The normalized spacial score (nSPS) is 19.5. The first kappa shape index (κ1) is 11.9. The minimum absolute atomic E-state index is 0.0293. The second-order valence-electron chi connectivity index (χ2n) is 3.80. The highest BCUT2D eigenvalue weighted by Crippen LogP contribution is 2.21. The van der Waals surface area contributed by atoms with Crippen LogP contribution in [0.2, 0.25) is 0 Å². The molecule has 0 saturated carbocycles. The average Bonchev–Trinajstić information content (AvgIpc) is 2.80. The van der Waals surface area contributed by atoms with Gasteiger partial charge in [-0.1, -0.05) is 12.1 Å². The molecule has 1 aromatic rings. The van der Waals surface area contributed by atoms with E-state index in [1.807, 2.05) is 0 Å². The van der Waals surface area contributed by atoms with E-state index in [9.17, 15) is 14.5 Å². The summed E-state index contributed by atoms with van der Waals surface area (Å²) in [5, 5.41) is 10.5. The first-order chi connectivity index (χ1) is 8.18. The van der Waals surface area contributed by atoms with Gasteiger partial charge in [-0.05, 0) is 6.42 Å². The Hall–Kier alpha value is -1.53. The minimum atomic E-state index is -0.823. The second kappa shape index (κ2) is 5.20. The summed E-state index contributed by atoms with van der Waals surface area (Å²) >= 11 is 0. The van der Waals surface area contributed by atoms with Gasteiger partial charge in [0, 0.05) is 18.2 Å². The average molecular weight is 241 g/mol. The van der Waals surface area contributed by atoms with Crippen LogP contribution < -0.4 is 0 Å². The standard InChI is InChI=1S/C11H12FNO4/c12-11-8(2-1-3-10(11)13(14)15)6-17-9-4-5-16-7-9/h1-3,9H,4-7H2. The predicted molar refractivity (Wildman–Crippen MR) is 57.1 cm³/mol. The van der Waals surface area contributed by atoms with Crippen molar-refractivity contribution in [2.75, 3.05) is 13.2 Å². The highest BCUT2D eigenvalue weighted by molar-refractivity contribution is 5.36. The fraction of sp³-hybridized carbons (Fsp3) is 0.455. The van der Waals surface area contributed by atoms with Crippen molar-refractivity contribution >= 4 is 5.69 Å². The van der Waals surface area contributed by atoms with Gasteiger partial charge in [0.25, 0.3) is 0 Å². The molecule has 92 valence electrons. The van der Waals surface area contributed by atoms with Gasteiger partial charge in [0.1, 0.15) is 0 Å². The Labute approximate surface area is 97.3 Å². The van der Waals surface area contributed by atoms with Crippen LogP contribution in [-0.2, 0) is 16.1 Å². The van der Waals surface area contributed by atoms with E-state index in [0.29, 0.717) is 13.2 Å². The van der Waals surface area contributed by atoms with Gasteiger partial charge >= 0.3 is 5.69 Å². The van der Waals surface area contributed by atoms with Crippen molar-refractivity contribution in [2.24, 2.45) is 0 Å². The summed E-state index contributed by atoms with van der Waals surface area (Å²) in [7, 11) is 0. The van der Waals surface area contributed by atoms with Crippen molar-refractivity contribution in [3.63, 3.8) is 0 Å². The van der Waals surface area contributed by atoms with Crippen molar-refractivity contribution in [3.05, 3.63) is 39.7 Å². The van der Waals surface area contributed by atoms with Gasteiger partial charge in [-0.15, -0.1) is 0 Å². The molecule has 1 unspecified atom stereocenters. The summed E-state index contributed by atoms with van der Waals surface area (Å²) in [5.74, 6) is -0.823. The Kier molecular flexibility index (Phi) is 3.65. The molecule has 1 heterocycles. The summed E-state index contributed by atoms with van der Waals surface area (Å²) in [6.45, 7) is 1.17. The number of nitro groups is 1. The molecule has 2 rings (SSSR count). The van der Waals surface area contributed by atoms with E-state index in [0.717, 1.165) is 12.5 Å². The Morgan fingerprint density at radius 3 is 3.06 bits per heavy atom. The largest absolute Gasteiger partial charge is 0.379 e. The van der Waals surface area contributed by atoms with Gasteiger partial charge in [0.2, 0.25) is 5.82 Å². The van der Waals surface area contributed by atoms with Crippen LogP contribution in [0.25, 0.3) is 0 Å². The molecule has 0 aromatic heterocycles. The summed E-state index contributed by atoms with van der Waals surface area (Å²) in [4.78, 5) is 9.80. The quantitative estimate of drug-likeness (QED) is 0.597. The van der Waals surface area contributed by atoms with E-state index < -0.39 is 16.4 Å². The molecular weight excluding hydrogens is 229 g/mol. The maximum Gasteiger partial charge on any atom is 0.305 e. The molecule has 0 aliphatic carbocycles. The molecule has 0 N–H and O–H groups in total. The number of benzene rings is 1. The predicted octanol–water partition coefficient (Wildman–Crippen LogP) is 2.04. The number of ether oxygens (including phenoxy) is 2. The van der Waals surface area contributed by atoms with Crippen LogP contribution in [0, 0.1) is 15.9 Å². The monoisotopic (exact) mass is 241 g/mol. The Morgan fingerprint density at radius 2 is 2.41 bits per heavy atom. The Morgan fingerprint density at radius 1 is 1.59 bits per heavy atom. The highest BCUT2D eigenvalue weighted by Gasteiger charge is 2.20. The maximum absolute atomic E-state index is 13.6. The first-order valence-corrected chi connectivity index (χ1v) is 5.29. The zero-order valence-electron chi connectivity index (χ0n) is 9.10. The van der Waals surface area contributed by atoms with Gasteiger partial charge in [-0.2, -0.15) is 4.39 Å². The van der Waals surface area contributed by atoms with E-state index in [-0.39, 0.29) is 18.3 Å². The molecule has 1 aliphatic rings. The van der Waals surface area contributed by atoms with Crippen molar-refractivity contribution in [3.8, 4) is 0 Å². The number of rotatable bonds is 4. The van der Waals surface area contributed by atoms with Crippen molar-refractivity contribution in [1.29, 1.82) is 0 Å². The molecule has 1 atom stereocenters. The van der Waals surface area contributed by atoms with Crippen LogP contribution in [0.15, 0.2) is 18.2 Å². The molecule has 0 radical (unpaired) electrons.